The first-order chi connectivity index (χ1) is 9.41. The molecule has 1 rings (SSSR count). The Morgan fingerprint density at radius 3 is 1.00 bits per heavy atom. The molecular formula is C14H24O5. The van der Waals surface area contributed by atoms with Gasteiger partial charge in [-0.1, -0.05) is 36.4 Å². The molecule has 0 fully saturated rings. The molecule has 0 aliphatic rings. The number of ether oxygens (including phenoxy) is 3. The van der Waals surface area contributed by atoms with Crippen LogP contribution < -0.4 is 0 Å². The summed E-state index contributed by atoms with van der Waals surface area (Å²) in [4.78, 5) is 0. The van der Waals surface area contributed by atoms with Gasteiger partial charge in [0, 0.05) is 0 Å². The molecule has 1 aromatic carbocycles. The summed E-state index contributed by atoms with van der Waals surface area (Å²) >= 11 is 0. The molecule has 0 saturated carbocycles. The van der Waals surface area contributed by atoms with Gasteiger partial charge in [-0.25, -0.2) is 0 Å². The van der Waals surface area contributed by atoms with Crippen LogP contribution in [0.3, 0.4) is 0 Å². The third kappa shape index (κ3) is 17.0. The minimum absolute atomic E-state index is 0.0413. The highest BCUT2D eigenvalue weighted by Gasteiger charge is 1.89. The minimum Gasteiger partial charge on any atom is -0.394 e. The van der Waals surface area contributed by atoms with Crippen LogP contribution >= 0.6 is 0 Å². The van der Waals surface area contributed by atoms with E-state index >= 15 is 0 Å². The van der Waals surface area contributed by atoms with Crippen molar-refractivity contribution < 1.29 is 24.4 Å². The molecule has 110 valence electrons. The number of rotatable bonds is 10. The molecule has 5 heteroatoms. The second-order valence-corrected chi connectivity index (χ2v) is 3.44. The Hall–Kier alpha value is -0.980. The largest absolute Gasteiger partial charge is 0.394 e. The Labute approximate surface area is 114 Å². The summed E-state index contributed by atoms with van der Waals surface area (Å²) in [6.45, 7) is 2.76. The quantitative estimate of drug-likeness (QED) is 0.614. The average molecular weight is 272 g/mol. The Bertz CT molecular complexity index is 206. The third-order valence-electron chi connectivity index (χ3n) is 1.88. The van der Waals surface area contributed by atoms with E-state index in [4.69, 9.17) is 24.4 Å². The van der Waals surface area contributed by atoms with E-state index in [0.717, 1.165) is 0 Å². The van der Waals surface area contributed by atoms with Gasteiger partial charge in [0.1, 0.15) is 0 Å². The maximum absolute atomic E-state index is 8.36. The molecular weight excluding hydrogens is 248 g/mol. The molecule has 0 heterocycles. The Balaban J connectivity index is 0.000000443. The first-order valence-electron chi connectivity index (χ1n) is 6.36. The summed E-state index contributed by atoms with van der Waals surface area (Å²) in [6.07, 6.45) is 0. The topological polar surface area (TPSA) is 68.2 Å². The van der Waals surface area contributed by atoms with Crippen LogP contribution in [0.25, 0.3) is 0 Å². The van der Waals surface area contributed by atoms with E-state index in [1.165, 1.54) is 0 Å². The monoisotopic (exact) mass is 272 g/mol. The smallest absolute Gasteiger partial charge is 0.0701 e. The fraction of sp³-hybridized carbons (Fsp3) is 0.571. The van der Waals surface area contributed by atoms with Gasteiger partial charge in [0.2, 0.25) is 0 Å². The fourth-order valence-corrected chi connectivity index (χ4v) is 1.06. The number of hydrogen-bond donors (Lipinski definition) is 2. The lowest BCUT2D eigenvalue weighted by Gasteiger charge is -2.04. The van der Waals surface area contributed by atoms with Gasteiger partial charge in [-0.2, -0.15) is 0 Å². The number of aliphatic hydroxyl groups excluding tert-OH is 2. The van der Waals surface area contributed by atoms with Crippen molar-refractivity contribution >= 4 is 0 Å². The average Bonchev–Trinajstić information content (AvgIpc) is 2.48. The summed E-state index contributed by atoms with van der Waals surface area (Å²) in [6, 6.07) is 12.0. The van der Waals surface area contributed by atoms with Crippen molar-refractivity contribution in [3.63, 3.8) is 0 Å². The lowest BCUT2D eigenvalue weighted by Crippen LogP contribution is -2.11. The van der Waals surface area contributed by atoms with Crippen molar-refractivity contribution in [2.75, 3.05) is 52.9 Å². The summed E-state index contributed by atoms with van der Waals surface area (Å²) in [5.74, 6) is 0. The highest BCUT2D eigenvalue weighted by molar-refractivity contribution is 4.99. The van der Waals surface area contributed by atoms with Crippen molar-refractivity contribution in [2.24, 2.45) is 0 Å². The molecule has 0 atom stereocenters. The molecule has 5 nitrogen and oxygen atoms in total. The first kappa shape index (κ1) is 18.0. The van der Waals surface area contributed by atoms with Crippen LogP contribution in [0.1, 0.15) is 0 Å². The van der Waals surface area contributed by atoms with Crippen molar-refractivity contribution in [1.82, 2.24) is 0 Å². The van der Waals surface area contributed by atoms with E-state index in [0.29, 0.717) is 39.6 Å². The van der Waals surface area contributed by atoms with Crippen molar-refractivity contribution in [2.45, 2.75) is 0 Å². The zero-order valence-corrected chi connectivity index (χ0v) is 11.2. The zero-order valence-electron chi connectivity index (χ0n) is 11.2. The van der Waals surface area contributed by atoms with E-state index in [-0.39, 0.29) is 13.2 Å². The molecule has 0 radical (unpaired) electrons. The first-order valence-corrected chi connectivity index (χ1v) is 6.36. The van der Waals surface area contributed by atoms with Crippen LogP contribution in [-0.2, 0) is 14.2 Å². The van der Waals surface area contributed by atoms with Crippen LogP contribution in [0, 0.1) is 0 Å². The maximum atomic E-state index is 8.36. The summed E-state index contributed by atoms with van der Waals surface area (Å²) < 4.78 is 15.0. The van der Waals surface area contributed by atoms with Gasteiger partial charge < -0.3 is 24.4 Å². The van der Waals surface area contributed by atoms with Crippen molar-refractivity contribution in [1.29, 1.82) is 0 Å². The Morgan fingerprint density at radius 1 is 0.474 bits per heavy atom. The Kier molecular flexibility index (Phi) is 16.1. The number of hydrogen-bond acceptors (Lipinski definition) is 5. The fourth-order valence-electron chi connectivity index (χ4n) is 1.06. The summed E-state index contributed by atoms with van der Waals surface area (Å²) in [5, 5.41) is 16.7. The van der Waals surface area contributed by atoms with Gasteiger partial charge in [0.05, 0.1) is 52.9 Å². The number of benzene rings is 1. The predicted molar refractivity (Wildman–Crippen MR) is 73.1 cm³/mol. The Morgan fingerprint density at radius 2 is 0.737 bits per heavy atom. The zero-order chi connectivity index (χ0) is 14.0. The number of aliphatic hydroxyl groups is 2. The molecule has 0 aliphatic carbocycles. The predicted octanol–water partition coefficient (Wildman–Crippen LogP) is 0.707. The van der Waals surface area contributed by atoms with Gasteiger partial charge in [0.15, 0.2) is 0 Å². The molecule has 0 bridgehead atoms. The lowest BCUT2D eigenvalue weighted by atomic mass is 10.4. The molecule has 1 aromatic rings. The van der Waals surface area contributed by atoms with E-state index in [1.54, 1.807) is 0 Å². The highest BCUT2D eigenvalue weighted by Crippen LogP contribution is 1.80. The van der Waals surface area contributed by atoms with Crippen LogP contribution in [0.5, 0.6) is 0 Å². The van der Waals surface area contributed by atoms with Crippen LogP contribution in [0.15, 0.2) is 36.4 Å². The van der Waals surface area contributed by atoms with Gasteiger partial charge in [-0.05, 0) is 0 Å². The second-order valence-electron chi connectivity index (χ2n) is 3.44. The SMILES string of the molecule is OCCOCCOCCOCCO.c1ccccc1. The third-order valence-corrected chi connectivity index (χ3v) is 1.88. The molecule has 0 spiro atoms. The molecule has 2 N–H and O–H groups in total. The molecule has 0 aliphatic heterocycles. The van der Waals surface area contributed by atoms with E-state index < -0.39 is 0 Å². The molecule has 0 saturated heterocycles. The lowest BCUT2D eigenvalue weighted by molar-refractivity contribution is 0.00230. The highest BCUT2D eigenvalue weighted by atomic mass is 16.5. The van der Waals surface area contributed by atoms with Gasteiger partial charge in [0.25, 0.3) is 0 Å². The standard InChI is InChI=1S/C8H18O5.C6H6/c9-1-3-11-5-7-13-8-6-12-4-2-10;1-2-4-6-5-3-1/h9-10H,1-8H2;1-6H. The van der Waals surface area contributed by atoms with Crippen molar-refractivity contribution in [3.8, 4) is 0 Å². The van der Waals surface area contributed by atoms with E-state index in [9.17, 15) is 0 Å². The molecule has 19 heavy (non-hydrogen) atoms. The van der Waals surface area contributed by atoms with Gasteiger partial charge in [-0.15, -0.1) is 0 Å². The van der Waals surface area contributed by atoms with Gasteiger partial charge in [-0.3, -0.25) is 0 Å². The normalized spacial score (nSPS) is 9.79. The van der Waals surface area contributed by atoms with Crippen molar-refractivity contribution in [3.05, 3.63) is 36.4 Å². The van der Waals surface area contributed by atoms with Crippen LogP contribution in [0.4, 0.5) is 0 Å². The molecule has 0 amide bonds. The van der Waals surface area contributed by atoms with Gasteiger partial charge >= 0.3 is 0 Å². The van der Waals surface area contributed by atoms with Crippen LogP contribution in [-0.4, -0.2) is 63.1 Å². The summed E-state index contributed by atoms with van der Waals surface area (Å²) in [7, 11) is 0. The second kappa shape index (κ2) is 17.0. The van der Waals surface area contributed by atoms with Crippen LogP contribution in [0.2, 0.25) is 0 Å². The molecule has 0 aromatic heterocycles. The van der Waals surface area contributed by atoms with E-state index in [2.05, 4.69) is 0 Å². The van der Waals surface area contributed by atoms with E-state index in [1.807, 2.05) is 36.4 Å². The molecule has 0 unspecified atom stereocenters. The summed E-state index contributed by atoms with van der Waals surface area (Å²) in [5.41, 5.74) is 0. The maximum Gasteiger partial charge on any atom is 0.0701 e. The minimum atomic E-state index is 0.0413.